The number of carbonyl (C=O) groups excluding carboxylic acids is 1. The molecular formula is C16H28N2O3. The van der Waals surface area contributed by atoms with Crippen molar-refractivity contribution < 1.29 is 14.7 Å². The van der Waals surface area contributed by atoms with Crippen molar-refractivity contribution in [3.05, 3.63) is 0 Å². The second-order valence-electron chi connectivity index (χ2n) is 6.89. The van der Waals surface area contributed by atoms with Gasteiger partial charge in [0.05, 0.1) is 5.41 Å². The molecule has 5 heteroatoms. The Morgan fingerprint density at radius 2 is 1.81 bits per heavy atom. The fraction of sp³-hybridized carbons (Fsp3) is 0.875. The second-order valence-corrected chi connectivity index (χ2v) is 6.89. The van der Waals surface area contributed by atoms with Gasteiger partial charge >= 0.3 is 12.0 Å². The number of amides is 2. The molecule has 2 atom stereocenters. The minimum absolute atomic E-state index is 0.101. The van der Waals surface area contributed by atoms with E-state index in [9.17, 15) is 14.7 Å². The van der Waals surface area contributed by atoms with Crippen LogP contribution in [0, 0.1) is 11.3 Å². The Morgan fingerprint density at radius 1 is 1.19 bits per heavy atom. The molecule has 2 heterocycles. The van der Waals surface area contributed by atoms with Crippen LogP contribution in [0.2, 0.25) is 0 Å². The molecule has 0 radical (unpaired) electrons. The highest BCUT2D eigenvalue weighted by atomic mass is 16.4. The number of carboxylic acids is 1. The van der Waals surface area contributed by atoms with E-state index in [1.54, 1.807) is 0 Å². The van der Waals surface area contributed by atoms with Crippen LogP contribution >= 0.6 is 0 Å². The molecule has 2 unspecified atom stereocenters. The van der Waals surface area contributed by atoms with Gasteiger partial charge in [-0.25, -0.2) is 4.79 Å². The van der Waals surface area contributed by atoms with Gasteiger partial charge in [0, 0.05) is 25.7 Å². The highest BCUT2D eigenvalue weighted by molar-refractivity contribution is 5.77. The van der Waals surface area contributed by atoms with Gasteiger partial charge in [0.25, 0.3) is 0 Å². The summed E-state index contributed by atoms with van der Waals surface area (Å²) in [7, 11) is 0. The van der Waals surface area contributed by atoms with Crippen LogP contribution in [0.25, 0.3) is 0 Å². The van der Waals surface area contributed by atoms with Crippen LogP contribution in [0.5, 0.6) is 0 Å². The van der Waals surface area contributed by atoms with Crippen molar-refractivity contribution in [1.82, 2.24) is 9.80 Å². The number of nitrogens with zero attached hydrogens (tertiary/aromatic N) is 2. The topological polar surface area (TPSA) is 60.9 Å². The Morgan fingerprint density at radius 3 is 2.33 bits per heavy atom. The Hall–Kier alpha value is -1.26. The van der Waals surface area contributed by atoms with E-state index in [0.29, 0.717) is 44.3 Å². The molecule has 2 rings (SSSR count). The first-order valence-electron chi connectivity index (χ1n) is 8.18. The fourth-order valence-corrected chi connectivity index (χ4v) is 3.58. The van der Waals surface area contributed by atoms with Crippen molar-refractivity contribution in [1.29, 1.82) is 0 Å². The van der Waals surface area contributed by atoms with E-state index in [2.05, 4.69) is 13.8 Å². The SMILES string of the molecule is CCC1(C(=O)O)CCN(C(=O)N2CC(C)CCC2C)CC1. The lowest BCUT2D eigenvalue weighted by Crippen LogP contribution is -2.54. The smallest absolute Gasteiger partial charge is 0.320 e. The quantitative estimate of drug-likeness (QED) is 0.852. The zero-order valence-electron chi connectivity index (χ0n) is 13.5. The molecule has 2 aliphatic rings. The Labute approximate surface area is 127 Å². The molecule has 2 aliphatic heterocycles. The van der Waals surface area contributed by atoms with Crippen molar-refractivity contribution >= 4 is 12.0 Å². The number of hydrogen-bond donors (Lipinski definition) is 1. The maximum Gasteiger partial charge on any atom is 0.320 e. The lowest BCUT2D eigenvalue weighted by Gasteiger charge is -2.43. The number of piperidine rings is 2. The van der Waals surface area contributed by atoms with E-state index < -0.39 is 11.4 Å². The summed E-state index contributed by atoms with van der Waals surface area (Å²) in [6.07, 6.45) is 4.03. The molecule has 21 heavy (non-hydrogen) atoms. The summed E-state index contributed by atoms with van der Waals surface area (Å²) in [6, 6.07) is 0.398. The van der Waals surface area contributed by atoms with Gasteiger partial charge in [-0.1, -0.05) is 13.8 Å². The molecule has 2 fully saturated rings. The van der Waals surface area contributed by atoms with Crippen LogP contribution in [0.1, 0.15) is 52.9 Å². The molecule has 2 saturated heterocycles. The van der Waals surface area contributed by atoms with E-state index in [0.717, 1.165) is 13.0 Å². The van der Waals surface area contributed by atoms with Gasteiger partial charge < -0.3 is 14.9 Å². The molecule has 120 valence electrons. The summed E-state index contributed by atoms with van der Waals surface area (Å²) in [5.41, 5.74) is -0.627. The third-order valence-electron chi connectivity index (χ3n) is 5.48. The van der Waals surface area contributed by atoms with Gasteiger partial charge in [-0.15, -0.1) is 0 Å². The lowest BCUT2D eigenvalue weighted by atomic mass is 9.76. The van der Waals surface area contributed by atoms with Crippen LogP contribution in [-0.4, -0.2) is 52.6 Å². The Balaban J connectivity index is 1.98. The monoisotopic (exact) mass is 296 g/mol. The van der Waals surface area contributed by atoms with Crippen molar-refractivity contribution in [2.24, 2.45) is 11.3 Å². The van der Waals surface area contributed by atoms with Crippen LogP contribution < -0.4 is 0 Å². The number of hydrogen-bond acceptors (Lipinski definition) is 2. The van der Waals surface area contributed by atoms with E-state index in [4.69, 9.17) is 0 Å². The fourth-order valence-electron chi connectivity index (χ4n) is 3.58. The summed E-state index contributed by atoms with van der Waals surface area (Å²) >= 11 is 0. The third kappa shape index (κ3) is 3.16. The molecule has 0 bridgehead atoms. The van der Waals surface area contributed by atoms with Gasteiger partial charge in [-0.2, -0.15) is 0 Å². The van der Waals surface area contributed by atoms with Gasteiger partial charge in [0.1, 0.15) is 0 Å². The summed E-state index contributed by atoms with van der Waals surface area (Å²) in [6.45, 7) is 8.19. The van der Waals surface area contributed by atoms with E-state index in [1.165, 1.54) is 6.42 Å². The predicted octanol–water partition coefficient (Wildman–Crippen LogP) is 2.80. The molecule has 0 aliphatic carbocycles. The number of carboxylic acid groups (broad SMARTS) is 1. The standard InChI is InChI=1S/C16H28N2O3/c1-4-16(14(19)20)7-9-17(10-8-16)15(21)18-11-12(2)5-6-13(18)3/h12-13H,4-11H2,1-3H3,(H,19,20). The first-order chi connectivity index (χ1) is 9.89. The van der Waals surface area contributed by atoms with Crippen molar-refractivity contribution in [3.8, 4) is 0 Å². The number of likely N-dealkylation sites (tertiary alicyclic amines) is 2. The second kappa shape index (κ2) is 6.24. The predicted molar refractivity (Wildman–Crippen MR) is 81.1 cm³/mol. The van der Waals surface area contributed by atoms with Crippen LogP contribution in [0.15, 0.2) is 0 Å². The maximum absolute atomic E-state index is 12.7. The van der Waals surface area contributed by atoms with E-state index in [-0.39, 0.29) is 6.03 Å². The van der Waals surface area contributed by atoms with E-state index in [1.807, 2.05) is 16.7 Å². The Bertz CT molecular complexity index is 402. The van der Waals surface area contributed by atoms with Gasteiger partial charge in [-0.05, 0) is 44.9 Å². The molecule has 1 N–H and O–H groups in total. The first kappa shape index (κ1) is 16.1. The molecule has 0 spiro atoms. The summed E-state index contributed by atoms with van der Waals surface area (Å²) in [5.74, 6) is -0.152. The zero-order chi connectivity index (χ0) is 15.6. The van der Waals surface area contributed by atoms with E-state index >= 15 is 0 Å². The van der Waals surface area contributed by atoms with Crippen molar-refractivity contribution in [2.45, 2.75) is 58.9 Å². The number of rotatable bonds is 2. The molecule has 0 saturated carbocycles. The first-order valence-corrected chi connectivity index (χ1v) is 8.18. The van der Waals surface area contributed by atoms with Crippen LogP contribution in [0.4, 0.5) is 4.79 Å². The lowest BCUT2D eigenvalue weighted by molar-refractivity contribution is -0.152. The number of carbonyl (C=O) groups is 2. The molecule has 5 nitrogen and oxygen atoms in total. The maximum atomic E-state index is 12.7. The molecule has 0 aromatic rings. The molecule has 0 aromatic carbocycles. The summed E-state index contributed by atoms with van der Waals surface area (Å²) in [4.78, 5) is 28.0. The average Bonchev–Trinajstić information content (AvgIpc) is 2.49. The van der Waals surface area contributed by atoms with Crippen LogP contribution in [-0.2, 0) is 4.79 Å². The Kier molecular flexibility index (Phi) is 4.79. The summed E-state index contributed by atoms with van der Waals surface area (Å²) in [5, 5.41) is 9.43. The van der Waals surface area contributed by atoms with Gasteiger partial charge in [0.2, 0.25) is 0 Å². The summed E-state index contributed by atoms with van der Waals surface area (Å²) < 4.78 is 0. The number of urea groups is 1. The highest BCUT2D eigenvalue weighted by Crippen LogP contribution is 2.36. The van der Waals surface area contributed by atoms with Gasteiger partial charge in [-0.3, -0.25) is 4.79 Å². The normalized spacial score (nSPS) is 29.3. The minimum atomic E-state index is -0.711. The molecular weight excluding hydrogens is 268 g/mol. The van der Waals surface area contributed by atoms with Gasteiger partial charge in [0.15, 0.2) is 0 Å². The largest absolute Gasteiger partial charge is 0.481 e. The highest BCUT2D eigenvalue weighted by Gasteiger charge is 2.42. The molecule has 2 amide bonds. The van der Waals surface area contributed by atoms with Crippen molar-refractivity contribution in [3.63, 3.8) is 0 Å². The average molecular weight is 296 g/mol. The van der Waals surface area contributed by atoms with Crippen LogP contribution in [0.3, 0.4) is 0 Å². The zero-order valence-corrected chi connectivity index (χ0v) is 13.5. The number of aliphatic carboxylic acids is 1. The van der Waals surface area contributed by atoms with Crippen molar-refractivity contribution in [2.75, 3.05) is 19.6 Å². The molecule has 0 aromatic heterocycles. The minimum Gasteiger partial charge on any atom is -0.481 e. The third-order valence-corrected chi connectivity index (χ3v) is 5.48.